The first-order chi connectivity index (χ1) is 16.9. The summed E-state index contributed by atoms with van der Waals surface area (Å²) in [6.07, 6.45) is 0.724. The number of carbonyl (C=O) groups excluding carboxylic acids is 2. The Morgan fingerprint density at radius 1 is 0.861 bits per heavy atom. The van der Waals surface area contributed by atoms with Crippen molar-refractivity contribution in [3.63, 3.8) is 0 Å². The number of carbonyl (C=O) groups is 2. The predicted molar refractivity (Wildman–Crippen MR) is 143 cm³/mol. The number of piperidine rings is 1. The van der Waals surface area contributed by atoms with Crippen LogP contribution < -0.4 is 10.4 Å². The average molecular weight is 510 g/mol. The number of benzene rings is 2. The quantitative estimate of drug-likeness (QED) is 0.439. The average Bonchev–Trinajstić information content (AvgIpc) is 3.39. The number of ether oxygens (including phenoxy) is 2. The highest BCUT2D eigenvalue weighted by Crippen LogP contribution is 2.48. The van der Waals surface area contributed by atoms with Gasteiger partial charge in [0.25, 0.3) is 8.32 Å². The van der Waals surface area contributed by atoms with Crippen molar-refractivity contribution in [3.8, 4) is 0 Å². The van der Waals surface area contributed by atoms with Crippen LogP contribution in [-0.2, 0) is 18.7 Å². The summed E-state index contributed by atoms with van der Waals surface area (Å²) in [4.78, 5) is 27.8. The molecule has 0 radical (unpaired) electrons. The maximum Gasteiger partial charge on any atom is 0.411 e. The van der Waals surface area contributed by atoms with E-state index >= 15 is 0 Å². The van der Waals surface area contributed by atoms with Gasteiger partial charge in [0.2, 0.25) is 0 Å². The van der Waals surface area contributed by atoms with Gasteiger partial charge in [0.15, 0.2) is 0 Å². The molecule has 1 saturated heterocycles. The molecule has 2 aliphatic rings. The summed E-state index contributed by atoms with van der Waals surface area (Å²) in [5, 5.41) is 2.22. The molecule has 4 rings (SSSR count). The number of methoxy groups -OCH3 is 1. The molecule has 6 nitrogen and oxygen atoms in total. The van der Waals surface area contributed by atoms with E-state index < -0.39 is 32.0 Å². The first-order valence-electron chi connectivity index (χ1n) is 12.8. The monoisotopic (exact) mass is 509 g/mol. The van der Waals surface area contributed by atoms with E-state index in [9.17, 15) is 9.59 Å². The largest absolute Gasteiger partial charge is 0.467 e. The highest BCUT2D eigenvalue weighted by molar-refractivity contribution is 6.99. The minimum absolute atomic E-state index is 0.128. The number of amides is 1. The van der Waals surface area contributed by atoms with Gasteiger partial charge >= 0.3 is 12.1 Å². The molecule has 0 aromatic heterocycles. The van der Waals surface area contributed by atoms with Gasteiger partial charge in [-0.2, -0.15) is 0 Å². The number of esters is 1. The molecule has 194 valence electrons. The summed E-state index contributed by atoms with van der Waals surface area (Å²) in [5.41, 5.74) is -0.648. The van der Waals surface area contributed by atoms with E-state index in [0.29, 0.717) is 12.8 Å². The highest BCUT2D eigenvalue weighted by atomic mass is 28.4. The zero-order valence-corrected chi connectivity index (χ0v) is 23.5. The van der Waals surface area contributed by atoms with Crippen LogP contribution in [0.5, 0.6) is 0 Å². The molecular weight excluding hydrogens is 470 g/mol. The Morgan fingerprint density at radius 2 is 1.39 bits per heavy atom. The van der Waals surface area contributed by atoms with E-state index in [1.165, 1.54) is 17.5 Å². The van der Waals surface area contributed by atoms with Gasteiger partial charge in [0, 0.05) is 12.0 Å². The topological polar surface area (TPSA) is 65.1 Å². The van der Waals surface area contributed by atoms with Crippen molar-refractivity contribution in [3.05, 3.63) is 60.7 Å². The molecule has 1 aliphatic carbocycles. The summed E-state index contributed by atoms with van der Waals surface area (Å²) in [5.74, 6) is -0.569. The van der Waals surface area contributed by atoms with Crippen LogP contribution in [0.15, 0.2) is 60.7 Å². The lowest BCUT2D eigenvalue weighted by Crippen LogP contribution is -2.69. The van der Waals surface area contributed by atoms with Crippen LogP contribution in [0.3, 0.4) is 0 Å². The fraction of sp³-hybridized carbons (Fsp3) is 0.517. The summed E-state index contributed by atoms with van der Waals surface area (Å²) >= 11 is 0. The van der Waals surface area contributed by atoms with E-state index in [1.54, 1.807) is 4.90 Å². The zero-order valence-electron chi connectivity index (χ0n) is 22.5. The van der Waals surface area contributed by atoms with Crippen molar-refractivity contribution in [1.29, 1.82) is 0 Å². The molecule has 1 amide bonds. The van der Waals surface area contributed by atoms with Crippen molar-refractivity contribution in [2.45, 2.75) is 83.2 Å². The van der Waals surface area contributed by atoms with E-state index in [4.69, 9.17) is 13.9 Å². The summed E-state index contributed by atoms with van der Waals surface area (Å²) in [7, 11) is -1.43. The third kappa shape index (κ3) is 4.71. The molecule has 4 atom stereocenters. The van der Waals surface area contributed by atoms with Crippen molar-refractivity contribution in [2.24, 2.45) is 5.92 Å². The number of hydrogen-bond donors (Lipinski definition) is 0. The number of nitrogens with zero attached hydrogens (tertiary/aromatic N) is 1. The van der Waals surface area contributed by atoms with Crippen molar-refractivity contribution in [1.82, 2.24) is 4.90 Å². The lowest BCUT2D eigenvalue weighted by Gasteiger charge is -2.47. The van der Waals surface area contributed by atoms with E-state index in [2.05, 4.69) is 69.3 Å². The van der Waals surface area contributed by atoms with Gasteiger partial charge in [-0.1, -0.05) is 81.4 Å². The van der Waals surface area contributed by atoms with E-state index in [-0.39, 0.29) is 23.1 Å². The van der Waals surface area contributed by atoms with Crippen molar-refractivity contribution < 1.29 is 23.5 Å². The van der Waals surface area contributed by atoms with E-state index in [1.807, 2.05) is 32.9 Å². The normalized spacial score (nSPS) is 24.0. The lowest BCUT2D eigenvalue weighted by atomic mass is 9.96. The van der Waals surface area contributed by atoms with Crippen LogP contribution in [0.25, 0.3) is 0 Å². The van der Waals surface area contributed by atoms with Gasteiger partial charge in [-0.25, -0.2) is 9.59 Å². The maximum absolute atomic E-state index is 13.1. The van der Waals surface area contributed by atoms with Gasteiger partial charge in [-0.3, -0.25) is 4.90 Å². The third-order valence-electron chi connectivity index (χ3n) is 7.42. The number of rotatable bonds is 5. The molecule has 2 aromatic rings. The van der Waals surface area contributed by atoms with Crippen LogP contribution in [0, 0.1) is 5.92 Å². The van der Waals surface area contributed by atoms with E-state index in [0.717, 1.165) is 0 Å². The first-order valence-corrected chi connectivity index (χ1v) is 14.7. The zero-order chi connectivity index (χ0) is 26.3. The van der Waals surface area contributed by atoms with Crippen LogP contribution in [-0.4, -0.2) is 56.2 Å². The molecular formula is C29H39NO5Si. The maximum atomic E-state index is 13.1. The highest BCUT2D eigenvalue weighted by Gasteiger charge is 2.61. The molecule has 36 heavy (non-hydrogen) atoms. The minimum atomic E-state index is -2.80. The second kappa shape index (κ2) is 9.67. The smallest absolute Gasteiger partial charge is 0.411 e. The van der Waals surface area contributed by atoms with Crippen LogP contribution in [0.1, 0.15) is 54.4 Å². The fourth-order valence-electron chi connectivity index (χ4n) is 6.04. The molecule has 2 aromatic carbocycles. The Bertz CT molecular complexity index is 1040. The molecule has 1 saturated carbocycles. The molecule has 0 spiro atoms. The summed E-state index contributed by atoms with van der Waals surface area (Å²) in [6.45, 7) is 12.2. The minimum Gasteiger partial charge on any atom is -0.467 e. The Labute approximate surface area is 216 Å². The Kier molecular flexibility index (Phi) is 7.10. The third-order valence-corrected chi connectivity index (χ3v) is 12.5. The van der Waals surface area contributed by atoms with Crippen molar-refractivity contribution in [2.75, 3.05) is 7.11 Å². The first kappa shape index (κ1) is 26.4. The standard InChI is InChI=1S/C29H39NO5Si/c1-28(2,3)34-27(32)30-20-18-23(25(30)26(31)33-7)24(19-20)35-36(29(4,5)6,21-14-10-8-11-15-21)22-16-12-9-13-17-22/h8-17,20,23-25H,18-19H2,1-7H3/t20-,23+,24-,25-/m1/s1. The Balaban J connectivity index is 1.75. The molecule has 1 heterocycles. The molecule has 7 heteroatoms. The molecule has 2 bridgehead atoms. The Hall–Kier alpha value is -2.64. The second-order valence-corrected chi connectivity index (χ2v) is 16.2. The lowest BCUT2D eigenvalue weighted by molar-refractivity contribution is -0.150. The molecule has 0 N–H and O–H groups in total. The second-order valence-electron chi connectivity index (χ2n) is 12.0. The molecule has 1 aliphatic heterocycles. The Morgan fingerprint density at radius 3 is 1.83 bits per heavy atom. The van der Waals surface area contributed by atoms with Gasteiger partial charge in [0.1, 0.15) is 11.6 Å². The van der Waals surface area contributed by atoms with Crippen LogP contribution >= 0.6 is 0 Å². The summed E-state index contributed by atoms with van der Waals surface area (Å²) < 4.78 is 18.2. The van der Waals surface area contributed by atoms with Crippen molar-refractivity contribution >= 4 is 30.8 Å². The van der Waals surface area contributed by atoms with Gasteiger partial charge in [0.05, 0.1) is 13.2 Å². The molecule has 2 fully saturated rings. The number of hydrogen-bond acceptors (Lipinski definition) is 5. The number of fused-ring (bicyclic) bond motifs is 2. The fourth-order valence-corrected chi connectivity index (χ4v) is 10.8. The van der Waals surface area contributed by atoms with Gasteiger partial charge < -0.3 is 13.9 Å². The van der Waals surface area contributed by atoms with Crippen LogP contribution in [0.4, 0.5) is 4.79 Å². The predicted octanol–water partition coefficient (Wildman–Crippen LogP) is 4.50. The van der Waals surface area contributed by atoms with Gasteiger partial charge in [-0.05, 0) is 49.0 Å². The number of likely N-dealkylation sites (tertiary alicyclic amines) is 1. The van der Waals surface area contributed by atoms with Crippen LogP contribution in [0.2, 0.25) is 5.04 Å². The summed E-state index contributed by atoms with van der Waals surface area (Å²) in [6, 6.07) is 20.2. The molecule has 0 unspecified atom stereocenters. The van der Waals surface area contributed by atoms with Gasteiger partial charge in [-0.15, -0.1) is 0 Å². The SMILES string of the molecule is COC(=O)[C@H]1[C@H]2C[C@H](C[C@H]2O[Si](c2ccccc2)(c2ccccc2)C(C)(C)C)N1C(=O)OC(C)(C)C.